The molecule has 0 spiro atoms. The van der Waals surface area contributed by atoms with Crippen molar-refractivity contribution in [2.45, 2.75) is 18.9 Å². The Morgan fingerprint density at radius 1 is 1.44 bits per heavy atom. The molecule has 7 nitrogen and oxygen atoms in total. The van der Waals surface area contributed by atoms with Crippen LogP contribution in [0.2, 0.25) is 0 Å². The second-order valence-electron chi connectivity index (χ2n) is 4.10. The molecule has 2 heterocycles. The van der Waals surface area contributed by atoms with Crippen molar-refractivity contribution in [2.24, 2.45) is 0 Å². The monoisotopic (exact) mass is 247 g/mol. The summed E-state index contributed by atoms with van der Waals surface area (Å²) in [6.45, 7) is 1.46. The van der Waals surface area contributed by atoms with Gasteiger partial charge in [0.05, 0.1) is 0 Å². The van der Waals surface area contributed by atoms with Gasteiger partial charge >= 0.3 is 6.09 Å². The zero-order valence-corrected chi connectivity index (χ0v) is 9.70. The highest BCUT2D eigenvalue weighted by Gasteiger charge is 2.21. The van der Waals surface area contributed by atoms with Gasteiger partial charge in [0.15, 0.2) is 11.5 Å². The first-order valence-electron chi connectivity index (χ1n) is 5.67. The van der Waals surface area contributed by atoms with Gasteiger partial charge in [-0.1, -0.05) is 0 Å². The lowest BCUT2D eigenvalue weighted by molar-refractivity contribution is 0.187. The standard InChI is InChI=1S/C11H13N5O2/c12-7-9-1-2-10(15-14-9)16-5-3-8(4-6-16)13-11(17)18/h1-2,8,13H,3-6H2,(H,17,18). The molecule has 7 heteroatoms. The van der Waals surface area contributed by atoms with Gasteiger partial charge in [-0.2, -0.15) is 5.26 Å². The van der Waals surface area contributed by atoms with Crippen molar-refractivity contribution < 1.29 is 9.90 Å². The number of hydrogen-bond acceptors (Lipinski definition) is 5. The average molecular weight is 247 g/mol. The molecule has 0 saturated carbocycles. The lowest BCUT2D eigenvalue weighted by atomic mass is 10.1. The number of nitrogens with one attached hydrogen (secondary N) is 1. The molecule has 0 atom stereocenters. The van der Waals surface area contributed by atoms with Crippen molar-refractivity contribution in [3.63, 3.8) is 0 Å². The number of nitriles is 1. The number of piperidine rings is 1. The Morgan fingerprint density at radius 2 is 2.17 bits per heavy atom. The predicted molar refractivity (Wildman–Crippen MR) is 63.1 cm³/mol. The molecule has 2 rings (SSSR count). The Hall–Kier alpha value is -2.36. The van der Waals surface area contributed by atoms with E-state index in [2.05, 4.69) is 15.5 Å². The SMILES string of the molecule is N#Cc1ccc(N2CCC(NC(=O)O)CC2)nn1. The highest BCUT2D eigenvalue weighted by Crippen LogP contribution is 2.17. The number of amides is 1. The average Bonchev–Trinajstić information content (AvgIpc) is 2.39. The van der Waals surface area contributed by atoms with Crippen LogP contribution in [0.25, 0.3) is 0 Å². The topological polar surface area (TPSA) is 102 Å². The van der Waals surface area contributed by atoms with Crippen molar-refractivity contribution in [3.8, 4) is 6.07 Å². The van der Waals surface area contributed by atoms with E-state index in [0.717, 1.165) is 31.7 Å². The van der Waals surface area contributed by atoms with Crippen molar-refractivity contribution in [2.75, 3.05) is 18.0 Å². The Morgan fingerprint density at radius 3 is 2.67 bits per heavy atom. The van der Waals surface area contributed by atoms with Crippen LogP contribution in [0.5, 0.6) is 0 Å². The molecule has 0 bridgehead atoms. The third-order valence-electron chi connectivity index (χ3n) is 2.91. The minimum absolute atomic E-state index is 0.00471. The first-order valence-corrected chi connectivity index (χ1v) is 5.67. The molecule has 1 aromatic rings. The summed E-state index contributed by atoms with van der Waals surface area (Å²) in [5.41, 5.74) is 0.293. The third kappa shape index (κ3) is 2.85. The van der Waals surface area contributed by atoms with E-state index in [1.807, 2.05) is 11.0 Å². The third-order valence-corrected chi connectivity index (χ3v) is 2.91. The number of hydrogen-bond donors (Lipinski definition) is 2. The van der Waals surface area contributed by atoms with Crippen LogP contribution in [-0.2, 0) is 0 Å². The summed E-state index contributed by atoms with van der Waals surface area (Å²) in [7, 11) is 0. The quantitative estimate of drug-likeness (QED) is 0.792. The summed E-state index contributed by atoms with van der Waals surface area (Å²) in [6, 6.07) is 5.31. The van der Waals surface area contributed by atoms with Crippen molar-refractivity contribution in [1.29, 1.82) is 5.26 Å². The van der Waals surface area contributed by atoms with Crippen LogP contribution in [-0.4, -0.2) is 40.5 Å². The number of nitrogens with zero attached hydrogens (tertiary/aromatic N) is 4. The second-order valence-corrected chi connectivity index (χ2v) is 4.10. The van der Waals surface area contributed by atoms with Gasteiger partial charge in [0.25, 0.3) is 0 Å². The van der Waals surface area contributed by atoms with E-state index in [1.165, 1.54) is 0 Å². The maximum absolute atomic E-state index is 10.5. The van der Waals surface area contributed by atoms with Crippen LogP contribution in [0.15, 0.2) is 12.1 Å². The first-order chi connectivity index (χ1) is 8.69. The van der Waals surface area contributed by atoms with E-state index in [0.29, 0.717) is 5.69 Å². The molecule has 18 heavy (non-hydrogen) atoms. The van der Waals surface area contributed by atoms with Gasteiger partial charge in [-0.3, -0.25) is 0 Å². The second kappa shape index (κ2) is 5.31. The van der Waals surface area contributed by atoms with Crippen LogP contribution in [0.3, 0.4) is 0 Å². The number of aromatic nitrogens is 2. The van der Waals surface area contributed by atoms with E-state index in [1.54, 1.807) is 12.1 Å². The highest BCUT2D eigenvalue weighted by atomic mass is 16.4. The zero-order chi connectivity index (χ0) is 13.0. The molecule has 1 aliphatic rings. The number of rotatable bonds is 2. The Balaban J connectivity index is 1.93. The summed E-state index contributed by atoms with van der Waals surface area (Å²) in [4.78, 5) is 12.5. The summed E-state index contributed by atoms with van der Waals surface area (Å²) >= 11 is 0. The molecule has 0 aliphatic carbocycles. The largest absolute Gasteiger partial charge is 0.465 e. The number of anilines is 1. The van der Waals surface area contributed by atoms with Crippen molar-refractivity contribution in [1.82, 2.24) is 15.5 Å². The van der Waals surface area contributed by atoms with Gasteiger partial charge in [-0.15, -0.1) is 10.2 Å². The zero-order valence-electron chi connectivity index (χ0n) is 9.70. The predicted octanol–water partition coefficient (Wildman–Crippen LogP) is 0.585. The maximum atomic E-state index is 10.5. The summed E-state index contributed by atoms with van der Waals surface area (Å²) in [5, 5.41) is 27.5. The fourth-order valence-electron chi connectivity index (χ4n) is 1.98. The van der Waals surface area contributed by atoms with Crippen molar-refractivity contribution >= 4 is 11.9 Å². The number of carboxylic acid groups (broad SMARTS) is 1. The molecule has 0 radical (unpaired) electrons. The number of carbonyl (C=O) groups is 1. The molecular weight excluding hydrogens is 234 g/mol. The maximum Gasteiger partial charge on any atom is 0.404 e. The normalized spacial score (nSPS) is 16.1. The molecule has 0 aromatic carbocycles. The van der Waals surface area contributed by atoms with E-state index in [9.17, 15) is 4.79 Å². The highest BCUT2D eigenvalue weighted by molar-refractivity contribution is 5.64. The van der Waals surface area contributed by atoms with Gasteiger partial charge in [0, 0.05) is 19.1 Å². The minimum atomic E-state index is -0.980. The van der Waals surface area contributed by atoms with E-state index in [-0.39, 0.29) is 6.04 Å². The van der Waals surface area contributed by atoms with Crippen LogP contribution >= 0.6 is 0 Å². The lowest BCUT2D eigenvalue weighted by Crippen LogP contribution is -2.44. The lowest BCUT2D eigenvalue weighted by Gasteiger charge is -2.32. The van der Waals surface area contributed by atoms with Crippen LogP contribution in [0.4, 0.5) is 10.6 Å². The van der Waals surface area contributed by atoms with E-state index < -0.39 is 6.09 Å². The molecule has 1 amide bonds. The summed E-state index contributed by atoms with van der Waals surface area (Å²) in [5.74, 6) is 0.725. The van der Waals surface area contributed by atoms with Gasteiger partial charge in [0.2, 0.25) is 0 Å². The summed E-state index contributed by atoms with van der Waals surface area (Å²) < 4.78 is 0. The fraction of sp³-hybridized carbons (Fsp3) is 0.455. The Bertz CT molecular complexity index is 459. The van der Waals surface area contributed by atoms with E-state index in [4.69, 9.17) is 10.4 Å². The molecular formula is C11H13N5O2. The molecule has 2 N–H and O–H groups in total. The van der Waals surface area contributed by atoms with Gasteiger partial charge in [0.1, 0.15) is 6.07 Å². The van der Waals surface area contributed by atoms with Gasteiger partial charge in [-0.25, -0.2) is 4.79 Å². The van der Waals surface area contributed by atoms with Crippen LogP contribution in [0, 0.1) is 11.3 Å². The molecule has 1 saturated heterocycles. The van der Waals surface area contributed by atoms with Crippen LogP contribution in [0.1, 0.15) is 18.5 Å². The Labute approximate surface area is 104 Å². The fourth-order valence-corrected chi connectivity index (χ4v) is 1.98. The van der Waals surface area contributed by atoms with Crippen LogP contribution < -0.4 is 10.2 Å². The Kier molecular flexibility index (Phi) is 3.57. The molecule has 1 aliphatic heterocycles. The van der Waals surface area contributed by atoms with Gasteiger partial charge < -0.3 is 15.3 Å². The molecule has 0 unspecified atom stereocenters. The summed E-state index contributed by atoms with van der Waals surface area (Å²) in [6.07, 6.45) is 0.508. The first kappa shape index (κ1) is 12.1. The molecule has 1 fully saturated rings. The molecule has 1 aromatic heterocycles. The molecule has 94 valence electrons. The minimum Gasteiger partial charge on any atom is -0.465 e. The van der Waals surface area contributed by atoms with Gasteiger partial charge in [-0.05, 0) is 25.0 Å². The van der Waals surface area contributed by atoms with Crippen molar-refractivity contribution in [3.05, 3.63) is 17.8 Å². The smallest absolute Gasteiger partial charge is 0.404 e. The van der Waals surface area contributed by atoms with E-state index >= 15 is 0 Å².